The van der Waals surface area contributed by atoms with Crippen LogP contribution in [0.15, 0.2) is 39.7 Å². The second-order valence-electron chi connectivity index (χ2n) is 4.32. The Hall–Kier alpha value is -1.82. The molecule has 0 aliphatic rings. The zero-order chi connectivity index (χ0) is 14.9. The standard InChI is InChI=1S/C14H10BrF2NO2/c1-8-4-9(15)6-18(14(8)20)7-13(19)11-3-2-10(16)5-12(11)17/h2-6H,7H2,1H3. The van der Waals surface area contributed by atoms with Crippen LogP contribution in [0.4, 0.5) is 8.78 Å². The highest BCUT2D eigenvalue weighted by Crippen LogP contribution is 2.12. The molecule has 0 amide bonds. The fourth-order valence-corrected chi connectivity index (χ4v) is 2.40. The largest absolute Gasteiger partial charge is 0.306 e. The molecule has 2 rings (SSSR count). The van der Waals surface area contributed by atoms with Gasteiger partial charge in [0.2, 0.25) is 0 Å². The van der Waals surface area contributed by atoms with Crippen LogP contribution in [0.25, 0.3) is 0 Å². The summed E-state index contributed by atoms with van der Waals surface area (Å²) in [7, 11) is 0. The third-order valence-corrected chi connectivity index (χ3v) is 3.21. The number of hydrogen-bond acceptors (Lipinski definition) is 2. The molecule has 0 aliphatic heterocycles. The van der Waals surface area contributed by atoms with Gasteiger partial charge >= 0.3 is 0 Å². The maximum Gasteiger partial charge on any atom is 0.253 e. The van der Waals surface area contributed by atoms with Crippen LogP contribution < -0.4 is 5.56 Å². The third-order valence-electron chi connectivity index (χ3n) is 2.78. The lowest BCUT2D eigenvalue weighted by atomic mass is 10.1. The molecule has 0 fully saturated rings. The van der Waals surface area contributed by atoms with Crippen LogP contribution in [0.1, 0.15) is 15.9 Å². The van der Waals surface area contributed by atoms with Crippen molar-refractivity contribution in [3.05, 3.63) is 68.1 Å². The molecule has 3 nitrogen and oxygen atoms in total. The molecule has 0 atom stereocenters. The quantitative estimate of drug-likeness (QED) is 0.805. The summed E-state index contributed by atoms with van der Waals surface area (Å²) in [5.41, 5.74) is -0.105. The first-order valence-electron chi connectivity index (χ1n) is 5.73. The summed E-state index contributed by atoms with van der Waals surface area (Å²) < 4.78 is 28.1. The summed E-state index contributed by atoms with van der Waals surface area (Å²) in [5.74, 6) is -2.29. The van der Waals surface area contributed by atoms with Gasteiger partial charge < -0.3 is 4.57 Å². The first-order chi connectivity index (χ1) is 9.38. The van der Waals surface area contributed by atoms with E-state index in [0.717, 1.165) is 12.1 Å². The molecule has 0 spiro atoms. The molecule has 0 N–H and O–H groups in total. The molecule has 1 aromatic carbocycles. The average molecular weight is 342 g/mol. The minimum atomic E-state index is -0.935. The number of hydrogen-bond donors (Lipinski definition) is 0. The van der Waals surface area contributed by atoms with Crippen molar-refractivity contribution >= 4 is 21.7 Å². The van der Waals surface area contributed by atoms with E-state index in [1.165, 1.54) is 10.8 Å². The summed E-state index contributed by atoms with van der Waals surface area (Å²) in [5, 5.41) is 0. The average Bonchev–Trinajstić information content (AvgIpc) is 2.35. The Balaban J connectivity index is 2.35. The molecule has 6 heteroatoms. The highest BCUT2D eigenvalue weighted by molar-refractivity contribution is 9.10. The van der Waals surface area contributed by atoms with Crippen LogP contribution >= 0.6 is 15.9 Å². The second-order valence-corrected chi connectivity index (χ2v) is 5.24. The van der Waals surface area contributed by atoms with Crippen molar-refractivity contribution in [3.63, 3.8) is 0 Å². The number of nitrogens with zero attached hydrogens (tertiary/aromatic N) is 1. The summed E-state index contributed by atoms with van der Waals surface area (Å²) in [6.45, 7) is 1.31. The minimum Gasteiger partial charge on any atom is -0.306 e. The lowest BCUT2D eigenvalue weighted by Gasteiger charge is -2.08. The van der Waals surface area contributed by atoms with E-state index < -0.39 is 17.4 Å². The van der Waals surface area contributed by atoms with Gasteiger partial charge in [-0.3, -0.25) is 9.59 Å². The van der Waals surface area contributed by atoms with E-state index in [-0.39, 0.29) is 17.7 Å². The van der Waals surface area contributed by atoms with Crippen molar-refractivity contribution in [2.75, 3.05) is 0 Å². The number of aromatic nitrogens is 1. The first-order valence-corrected chi connectivity index (χ1v) is 6.52. The van der Waals surface area contributed by atoms with Crippen molar-refractivity contribution < 1.29 is 13.6 Å². The summed E-state index contributed by atoms with van der Waals surface area (Å²) >= 11 is 3.22. The molecule has 0 saturated carbocycles. The molecular weight excluding hydrogens is 332 g/mol. The van der Waals surface area contributed by atoms with E-state index in [1.54, 1.807) is 13.0 Å². The Morgan fingerprint density at radius 1 is 1.30 bits per heavy atom. The van der Waals surface area contributed by atoms with Gasteiger partial charge in [0.15, 0.2) is 5.78 Å². The van der Waals surface area contributed by atoms with Gasteiger partial charge in [-0.25, -0.2) is 8.78 Å². The van der Waals surface area contributed by atoms with Gasteiger partial charge in [0.25, 0.3) is 5.56 Å². The van der Waals surface area contributed by atoms with Gasteiger partial charge in [-0.2, -0.15) is 0 Å². The second kappa shape index (κ2) is 5.66. The number of benzene rings is 1. The van der Waals surface area contributed by atoms with E-state index in [2.05, 4.69) is 15.9 Å². The lowest BCUT2D eigenvalue weighted by Crippen LogP contribution is -2.25. The number of halogens is 3. The SMILES string of the molecule is Cc1cc(Br)cn(CC(=O)c2ccc(F)cc2F)c1=O. The third kappa shape index (κ3) is 3.01. The van der Waals surface area contributed by atoms with E-state index in [4.69, 9.17) is 0 Å². The van der Waals surface area contributed by atoms with E-state index in [0.29, 0.717) is 16.1 Å². The van der Waals surface area contributed by atoms with Crippen molar-refractivity contribution in [1.82, 2.24) is 4.57 Å². The molecule has 0 radical (unpaired) electrons. The number of aryl methyl sites for hydroxylation is 1. The van der Waals surface area contributed by atoms with Crippen LogP contribution in [0.5, 0.6) is 0 Å². The number of carbonyl (C=O) groups excluding carboxylic acids is 1. The van der Waals surface area contributed by atoms with Crippen molar-refractivity contribution in [1.29, 1.82) is 0 Å². The smallest absolute Gasteiger partial charge is 0.253 e. The zero-order valence-corrected chi connectivity index (χ0v) is 12.1. The number of pyridine rings is 1. The normalized spacial score (nSPS) is 10.6. The summed E-state index contributed by atoms with van der Waals surface area (Å²) in [4.78, 5) is 23.8. The fraction of sp³-hybridized carbons (Fsp3) is 0.143. The molecule has 2 aromatic rings. The number of ketones is 1. The highest BCUT2D eigenvalue weighted by atomic mass is 79.9. The van der Waals surface area contributed by atoms with Crippen LogP contribution in [0.2, 0.25) is 0 Å². The predicted molar refractivity (Wildman–Crippen MR) is 73.8 cm³/mol. The van der Waals surface area contributed by atoms with Gasteiger partial charge in [-0.05, 0) is 41.1 Å². The minimum absolute atomic E-state index is 0.240. The monoisotopic (exact) mass is 341 g/mol. The Kier molecular flexibility index (Phi) is 4.13. The van der Waals surface area contributed by atoms with Gasteiger partial charge in [0, 0.05) is 22.3 Å². The van der Waals surface area contributed by atoms with E-state index >= 15 is 0 Å². The molecule has 1 heterocycles. The maximum absolute atomic E-state index is 13.5. The van der Waals surface area contributed by atoms with E-state index in [1.807, 2.05) is 0 Å². The molecule has 0 aliphatic carbocycles. The van der Waals surface area contributed by atoms with Gasteiger partial charge in [-0.15, -0.1) is 0 Å². The summed E-state index contributed by atoms with van der Waals surface area (Å²) in [6.07, 6.45) is 1.45. The molecule has 20 heavy (non-hydrogen) atoms. The topological polar surface area (TPSA) is 39.1 Å². The Labute approximate surface area is 122 Å². The molecule has 0 unspecified atom stereocenters. The van der Waals surface area contributed by atoms with Crippen molar-refractivity contribution in [2.24, 2.45) is 0 Å². The van der Waals surface area contributed by atoms with Crippen molar-refractivity contribution in [3.8, 4) is 0 Å². The molecule has 104 valence electrons. The number of Topliss-reactive ketones (excluding diaryl/α,β-unsaturated/α-hetero) is 1. The number of carbonyl (C=O) groups is 1. The van der Waals surface area contributed by atoms with E-state index in [9.17, 15) is 18.4 Å². The molecule has 1 aromatic heterocycles. The Morgan fingerprint density at radius 3 is 2.65 bits per heavy atom. The van der Waals surface area contributed by atoms with Crippen molar-refractivity contribution in [2.45, 2.75) is 13.5 Å². The number of rotatable bonds is 3. The Morgan fingerprint density at radius 2 is 2.00 bits per heavy atom. The fourth-order valence-electron chi connectivity index (χ4n) is 1.81. The van der Waals surface area contributed by atoms with Crippen LogP contribution in [-0.4, -0.2) is 10.4 Å². The molecular formula is C14H10BrF2NO2. The predicted octanol–water partition coefficient (Wildman–Crippen LogP) is 3.08. The maximum atomic E-state index is 13.5. The zero-order valence-electron chi connectivity index (χ0n) is 10.5. The molecule has 0 saturated heterocycles. The lowest BCUT2D eigenvalue weighted by molar-refractivity contribution is 0.0966. The first kappa shape index (κ1) is 14.6. The molecule has 0 bridgehead atoms. The Bertz CT molecular complexity index is 740. The van der Waals surface area contributed by atoms with Gasteiger partial charge in [-0.1, -0.05) is 0 Å². The van der Waals surface area contributed by atoms with Crippen LogP contribution in [0, 0.1) is 18.6 Å². The van der Waals surface area contributed by atoms with Crippen LogP contribution in [0.3, 0.4) is 0 Å². The summed E-state index contributed by atoms with van der Waals surface area (Å²) in [6, 6.07) is 4.35. The van der Waals surface area contributed by atoms with Crippen LogP contribution in [-0.2, 0) is 6.54 Å². The van der Waals surface area contributed by atoms with Gasteiger partial charge in [0.1, 0.15) is 11.6 Å². The van der Waals surface area contributed by atoms with Gasteiger partial charge in [0.05, 0.1) is 12.1 Å². The highest BCUT2D eigenvalue weighted by Gasteiger charge is 2.14.